The van der Waals surface area contributed by atoms with Crippen molar-refractivity contribution in [2.75, 3.05) is 7.11 Å². The van der Waals surface area contributed by atoms with Gasteiger partial charge >= 0.3 is 0 Å². The fraction of sp³-hybridized carbons (Fsp3) is 0.118. The lowest BCUT2D eigenvalue weighted by Gasteiger charge is -2.09. The SMILES string of the molecule is COCc1oc2ccccc2c(=O)c1-c1ccccc1. The summed E-state index contributed by atoms with van der Waals surface area (Å²) in [6.07, 6.45) is 0. The van der Waals surface area contributed by atoms with Crippen molar-refractivity contribution in [2.45, 2.75) is 6.61 Å². The zero-order valence-electron chi connectivity index (χ0n) is 11.1. The molecule has 1 heterocycles. The average molecular weight is 266 g/mol. The van der Waals surface area contributed by atoms with Crippen LogP contribution >= 0.6 is 0 Å². The summed E-state index contributed by atoms with van der Waals surface area (Å²) >= 11 is 0. The monoisotopic (exact) mass is 266 g/mol. The Labute approximate surface area is 116 Å². The molecule has 3 heteroatoms. The molecule has 0 saturated heterocycles. The fourth-order valence-corrected chi connectivity index (χ4v) is 2.32. The smallest absolute Gasteiger partial charge is 0.200 e. The van der Waals surface area contributed by atoms with E-state index in [9.17, 15) is 4.79 Å². The van der Waals surface area contributed by atoms with Crippen LogP contribution in [0.4, 0.5) is 0 Å². The van der Waals surface area contributed by atoms with E-state index in [-0.39, 0.29) is 12.0 Å². The summed E-state index contributed by atoms with van der Waals surface area (Å²) in [5.41, 5.74) is 1.99. The predicted molar refractivity (Wildman–Crippen MR) is 78.6 cm³/mol. The van der Waals surface area contributed by atoms with E-state index >= 15 is 0 Å². The minimum atomic E-state index is -0.0231. The zero-order chi connectivity index (χ0) is 13.9. The van der Waals surface area contributed by atoms with Gasteiger partial charge < -0.3 is 9.15 Å². The topological polar surface area (TPSA) is 39.4 Å². The molecule has 2 aromatic carbocycles. The van der Waals surface area contributed by atoms with Gasteiger partial charge in [-0.1, -0.05) is 42.5 Å². The third-order valence-electron chi connectivity index (χ3n) is 3.21. The first kappa shape index (κ1) is 12.6. The number of para-hydroxylation sites is 1. The highest BCUT2D eigenvalue weighted by Crippen LogP contribution is 2.24. The Morgan fingerprint density at radius 2 is 1.70 bits per heavy atom. The summed E-state index contributed by atoms with van der Waals surface area (Å²) in [5, 5.41) is 0.589. The second kappa shape index (κ2) is 5.31. The highest BCUT2D eigenvalue weighted by Gasteiger charge is 2.15. The molecule has 0 spiro atoms. The summed E-state index contributed by atoms with van der Waals surface area (Å²) in [5.74, 6) is 0.558. The molecule has 0 amide bonds. The quantitative estimate of drug-likeness (QED) is 0.727. The minimum absolute atomic E-state index is 0.0231. The Morgan fingerprint density at radius 1 is 1.00 bits per heavy atom. The lowest BCUT2D eigenvalue weighted by Crippen LogP contribution is -2.09. The van der Waals surface area contributed by atoms with Crippen molar-refractivity contribution in [1.82, 2.24) is 0 Å². The standard InChI is InChI=1S/C17H14O3/c1-19-11-15-16(12-7-3-2-4-8-12)17(18)13-9-5-6-10-14(13)20-15/h2-10H,11H2,1H3. The van der Waals surface area contributed by atoms with Gasteiger partial charge in [-0.05, 0) is 17.7 Å². The highest BCUT2D eigenvalue weighted by molar-refractivity contribution is 5.82. The third-order valence-corrected chi connectivity index (χ3v) is 3.21. The van der Waals surface area contributed by atoms with Crippen LogP contribution in [0.2, 0.25) is 0 Å². The number of hydrogen-bond acceptors (Lipinski definition) is 3. The number of rotatable bonds is 3. The normalized spacial score (nSPS) is 10.8. The van der Waals surface area contributed by atoms with Crippen molar-refractivity contribution in [2.24, 2.45) is 0 Å². The molecule has 0 atom stereocenters. The van der Waals surface area contributed by atoms with Crippen molar-refractivity contribution < 1.29 is 9.15 Å². The van der Waals surface area contributed by atoms with E-state index in [1.54, 1.807) is 19.2 Å². The first-order valence-corrected chi connectivity index (χ1v) is 6.40. The van der Waals surface area contributed by atoms with Crippen LogP contribution in [0.5, 0.6) is 0 Å². The van der Waals surface area contributed by atoms with Gasteiger partial charge in [0, 0.05) is 7.11 Å². The molecule has 0 aliphatic rings. The maximum absolute atomic E-state index is 12.7. The molecule has 3 nitrogen and oxygen atoms in total. The van der Waals surface area contributed by atoms with Crippen molar-refractivity contribution in [3.63, 3.8) is 0 Å². The Balaban J connectivity index is 2.36. The Morgan fingerprint density at radius 3 is 2.45 bits per heavy atom. The summed E-state index contributed by atoms with van der Waals surface area (Å²) in [6.45, 7) is 0.268. The summed E-state index contributed by atoms with van der Waals surface area (Å²) < 4.78 is 11.0. The van der Waals surface area contributed by atoms with E-state index in [0.29, 0.717) is 22.3 Å². The van der Waals surface area contributed by atoms with Gasteiger partial charge in [0.15, 0.2) is 0 Å². The number of fused-ring (bicyclic) bond motifs is 1. The molecule has 3 aromatic rings. The molecule has 0 saturated carbocycles. The molecular weight excluding hydrogens is 252 g/mol. The Kier molecular flexibility index (Phi) is 3.35. The molecule has 0 fully saturated rings. The molecule has 1 aromatic heterocycles. The lowest BCUT2D eigenvalue weighted by molar-refractivity contribution is 0.165. The molecule has 0 radical (unpaired) electrons. The largest absolute Gasteiger partial charge is 0.458 e. The van der Waals surface area contributed by atoms with Crippen molar-refractivity contribution in [3.05, 3.63) is 70.6 Å². The molecule has 0 unspecified atom stereocenters. The van der Waals surface area contributed by atoms with E-state index in [0.717, 1.165) is 5.56 Å². The van der Waals surface area contributed by atoms with E-state index in [1.807, 2.05) is 42.5 Å². The van der Waals surface area contributed by atoms with Gasteiger partial charge in [0.2, 0.25) is 5.43 Å². The summed E-state index contributed by atoms with van der Waals surface area (Å²) in [4.78, 5) is 12.7. The number of hydrogen-bond donors (Lipinski definition) is 0. The van der Waals surface area contributed by atoms with Gasteiger partial charge in [-0.2, -0.15) is 0 Å². The van der Waals surface area contributed by atoms with E-state index < -0.39 is 0 Å². The molecule has 100 valence electrons. The second-order valence-corrected chi connectivity index (χ2v) is 4.52. The average Bonchev–Trinajstić information content (AvgIpc) is 2.49. The van der Waals surface area contributed by atoms with Gasteiger partial charge in [-0.25, -0.2) is 0 Å². The number of benzene rings is 2. The van der Waals surface area contributed by atoms with Crippen LogP contribution in [-0.4, -0.2) is 7.11 Å². The maximum atomic E-state index is 12.7. The lowest BCUT2D eigenvalue weighted by atomic mass is 10.0. The Bertz CT molecular complexity index is 788. The van der Waals surface area contributed by atoms with Gasteiger partial charge in [0.05, 0.1) is 10.9 Å². The van der Waals surface area contributed by atoms with E-state index in [4.69, 9.17) is 9.15 Å². The molecule has 0 aliphatic heterocycles. The fourth-order valence-electron chi connectivity index (χ4n) is 2.32. The van der Waals surface area contributed by atoms with Gasteiger partial charge in [-0.15, -0.1) is 0 Å². The highest BCUT2D eigenvalue weighted by atomic mass is 16.5. The predicted octanol–water partition coefficient (Wildman–Crippen LogP) is 3.61. The van der Waals surface area contributed by atoms with Gasteiger partial charge in [0.1, 0.15) is 18.0 Å². The molecular formula is C17H14O3. The van der Waals surface area contributed by atoms with Crippen LogP contribution in [0.15, 0.2) is 63.8 Å². The summed E-state index contributed by atoms with van der Waals surface area (Å²) in [7, 11) is 1.59. The van der Waals surface area contributed by atoms with Crippen LogP contribution in [0.3, 0.4) is 0 Å². The number of ether oxygens (including phenoxy) is 1. The molecule has 20 heavy (non-hydrogen) atoms. The maximum Gasteiger partial charge on any atom is 0.200 e. The first-order chi connectivity index (χ1) is 9.81. The molecule has 3 rings (SSSR count). The minimum Gasteiger partial charge on any atom is -0.458 e. The van der Waals surface area contributed by atoms with Crippen LogP contribution in [0.25, 0.3) is 22.1 Å². The van der Waals surface area contributed by atoms with Crippen molar-refractivity contribution >= 4 is 11.0 Å². The van der Waals surface area contributed by atoms with E-state index in [1.165, 1.54) is 0 Å². The first-order valence-electron chi connectivity index (χ1n) is 6.40. The van der Waals surface area contributed by atoms with Crippen LogP contribution in [0.1, 0.15) is 5.76 Å². The van der Waals surface area contributed by atoms with E-state index in [2.05, 4.69) is 0 Å². The third kappa shape index (κ3) is 2.12. The molecule has 0 N–H and O–H groups in total. The van der Waals surface area contributed by atoms with Gasteiger partial charge in [-0.3, -0.25) is 4.79 Å². The second-order valence-electron chi connectivity index (χ2n) is 4.52. The molecule has 0 bridgehead atoms. The van der Waals surface area contributed by atoms with Crippen LogP contribution in [0, 0.1) is 0 Å². The van der Waals surface area contributed by atoms with Crippen molar-refractivity contribution in [3.8, 4) is 11.1 Å². The van der Waals surface area contributed by atoms with Crippen molar-refractivity contribution in [1.29, 1.82) is 0 Å². The molecule has 0 aliphatic carbocycles. The zero-order valence-corrected chi connectivity index (χ0v) is 11.1. The van der Waals surface area contributed by atoms with Crippen LogP contribution in [-0.2, 0) is 11.3 Å². The number of methoxy groups -OCH3 is 1. The van der Waals surface area contributed by atoms with Crippen LogP contribution < -0.4 is 5.43 Å². The van der Waals surface area contributed by atoms with Gasteiger partial charge in [0.25, 0.3) is 0 Å². The summed E-state index contributed by atoms with van der Waals surface area (Å²) in [6, 6.07) is 16.8. The Hall–Kier alpha value is -2.39.